The predicted molar refractivity (Wildman–Crippen MR) is 63.2 cm³/mol. The maximum Gasteiger partial charge on any atom is 0.0686 e. The molecule has 0 aromatic rings. The second-order valence-corrected chi connectivity index (χ2v) is 6.24. The molecule has 0 aromatic heterocycles. The van der Waals surface area contributed by atoms with Crippen molar-refractivity contribution in [2.24, 2.45) is 11.8 Å². The molecule has 92 valence electrons. The summed E-state index contributed by atoms with van der Waals surface area (Å²) in [6.45, 7) is 0.881. The SMILES string of the molecule is OC(CC1CC1)C1CCOC2(CCCC2)C1. The van der Waals surface area contributed by atoms with Crippen LogP contribution in [0.25, 0.3) is 0 Å². The minimum Gasteiger partial charge on any atom is -0.393 e. The van der Waals surface area contributed by atoms with Crippen molar-refractivity contribution in [1.29, 1.82) is 0 Å². The van der Waals surface area contributed by atoms with Crippen molar-refractivity contribution >= 4 is 0 Å². The van der Waals surface area contributed by atoms with E-state index in [-0.39, 0.29) is 11.7 Å². The Morgan fingerprint density at radius 3 is 2.62 bits per heavy atom. The Hall–Kier alpha value is -0.0800. The lowest BCUT2D eigenvalue weighted by Gasteiger charge is -2.40. The first-order chi connectivity index (χ1) is 7.77. The van der Waals surface area contributed by atoms with Gasteiger partial charge in [0.1, 0.15) is 0 Å². The summed E-state index contributed by atoms with van der Waals surface area (Å²) < 4.78 is 6.02. The van der Waals surface area contributed by atoms with Crippen LogP contribution >= 0.6 is 0 Å². The van der Waals surface area contributed by atoms with Crippen LogP contribution in [0, 0.1) is 11.8 Å². The monoisotopic (exact) mass is 224 g/mol. The lowest BCUT2D eigenvalue weighted by atomic mass is 9.80. The van der Waals surface area contributed by atoms with E-state index in [0.29, 0.717) is 5.92 Å². The van der Waals surface area contributed by atoms with E-state index in [2.05, 4.69) is 0 Å². The van der Waals surface area contributed by atoms with Crippen LogP contribution in [0.1, 0.15) is 57.8 Å². The molecule has 3 rings (SSSR count). The van der Waals surface area contributed by atoms with Gasteiger partial charge in [-0.3, -0.25) is 0 Å². The van der Waals surface area contributed by atoms with Crippen molar-refractivity contribution in [3.8, 4) is 0 Å². The third kappa shape index (κ3) is 2.28. The van der Waals surface area contributed by atoms with Gasteiger partial charge in [-0.15, -0.1) is 0 Å². The van der Waals surface area contributed by atoms with E-state index in [1.807, 2.05) is 0 Å². The van der Waals surface area contributed by atoms with E-state index in [1.54, 1.807) is 0 Å². The van der Waals surface area contributed by atoms with E-state index in [1.165, 1.54) is 38.5 Å². The van der Waals surface area contributed by atoms with Gasteiger partial charge in [-0.25, -0.2) is 0 Å². The van der Waals surface area contributed by atoms with Gasteiger partial charge in [-0.1, -0.05) is 25.7 Å². The maximum atomic E-state index is 10.3. The van der Waals surface area contributed by atoms with Gasteiger partial charge in [0.05, 0.1) is 11.7 Å². The molecule has 2 saturated carbocycles. The third-order valence-corrected chi connectivity index (χ3v) is 4.86. The van der Waals surface area contributed by atoms with Crippen LogP contribution in [0.2, 0.25) is 0 Å². The second kappa shape index (κ2) is 4.30. The molecule has 3 fully saturated rings. The van der Waals surface area contributed by atoms with Gasteiger partial charge in [-0.05, 0) is 43.9 Å². The molecule has 2 heteroatoms. The van der Waals surface area contributed by atoms with Crippen molar-refractivity contribution in [3.05, 3.63) is 0 Å². The van der Waals surface area contributed by atoms with Gasteiger partial charge in [0.2, 0.25) is 0 Å². The van der Waals surface area contributed by atoms with Gasteiger partial charge in [0, 0.05) is 6.61 Å². The maximum absolute atomic E-state index is 10.3. The van der Waals surface area contributed by atoms with Crippen LogP contribution in [-0.4, -0.2) is 23.4 Å². The molecule has 1 spiro atoms. The minimum absolute atomic E-state index is 0.0473. The summed E-state index contributed by atoms with van der Waals surface area (Å²) in [5.41, 5.74) is 0.174. The molecular formula is C14H24O2. The lowest BCUT2D eigenvalue weighted by Crippen LogP contribution is -2.41. The van der Waals surface area contributed by atoms with Crippen LogP contribution < -0.4 is 0 Å². The molecule has 2 aliphatic carbocycles. The van der Waals surface area contributed by atoms with Gasteiger partial charge < -0.3 is 9.84 Å². The fourth-order valence-electron chi connectivity index (χ4n) is 3.65. The van der Waals surface area contributed by atoms with Crippen molar-refractivity contribution < 1.29 is 9.84 Å². The topological polar surface area (TPSA) is 29.5 Å². The molecule has 1 aliphatic heterocycles. The molecule has 0 bridgehead atoms. The Kier molecular flexibility index (Phi) is 2.97. The van der Waals surface area contributed by atoms with Gasteiger partial charge in [0.15, 0.2) is 0 Å². The molecule has 16 heavy (non-hydrogen) atoms. The van der Waals surface area contributed by atoms with Crippen molar-refractivity contribution in [2.75, 3.05) is 6.61 Å². The number of hydrogen-bond acceptors (Lipinski definition) is 2. The molecule has 2 nitrogen and oxygen atoms in total. The zero-order valence-corrected chi connectivity index (χ0v) is 10.2. The summed E-state index contributed by atoms with van der Waals surface area (Å²) in [4.78, 5) is 0. The molecular weight excluding hydrogens is 200 g/mol. The van der Waals surface area contributed by atoms with E-state index in [4.69, 9.17) is 4.74 Å². The second-order valence-electron chi connectivity index (χ2n) is 6.24. The van der Waals surface area contributed by atoms with Crippen LogP contribution in [0.15, 0.2) is 0 Å². The molecule has 0 radical (unpaired) electrons. The van der Waals surface area contributed by atoms with E-state index in [0.717, 1.165) is 31.8 Å². The zero-order valence-electron chi connectivity index (χ0n) is 10.2. The van der Waals surface area contributed by atoms with Crippen molar-refractivity contribution in [1.82, 2.24) is 0 Å². The molecule has 1 heterocycles. The molecule has 1 N–H and O–H groups in total. The first kappa shape index (κ1) is 11.0. The fraction of sp³-hybridized carbons (Fsp3) is 1.00. The Bertz CT molecular complexity index is 241. The van der Waals surface area contributed by atoms with Gasteiger partial charge >= 0.3 is 0 Å². The highest BCUT2D eigenvalue weighted by Crippen LogP contribution is 2.44. The smallest absolute Gasteiger partial charge is 0.0686 e. The van der Waals surface area contributed by atoms with Gasteiger partial charge in [-0.2, -0.15) is 0 Å². The van der Waals surface area contributed by atoms with Crippen LogP contribution in [0.3, 0.4) is 0 Å². The average molecular weight is 224 g/mol. The number of hydrogen-bond donors (Lipinski definition) is 1. The summed E-state index contributed by atoms with van der Waals surface area (Å²) in [7, 11) is 0. The highest BCUT2D eigenvalue weighted by molar-refractivity contribution is 4.93. The van der Waals surface area contributed by atoms with Gasteiger partial charge in [0.25, 0.3) is 0 Å². The number of ether oxygens (including phenoxy) is 1. The average Bonchev–Trinajstić information content (AvgIpc) is 3.00. The first-order valence-electron chi connectivity index (χ1n) is 7.09. The largest absolute Gasteiger partial charge is 0.393 e. The molecule has 2 atom stereocenters. The first-order valence-corrected chi connectivity index (χ1v) is 7.09. The fourth-order valence-corrected chi connectivity index (χ4v) is 3.65. The van der Waals surface area contributed by atoms with Crippen LogP contribution in [-0.2, 0) is 4.74 Å². The molecule has 0 aromatic carbocycles. The summed E-state index contributed by atoms with van der Waals surface area (Å²) in [5, 5.41) is 10.3. The molecule has 0 amide bonds. The summed E-state index contributed by atoms with van der Waals surface area (Å²) in [6, 6.07) is 0. The Balaban J connectivity index is 1.57. The highest BCUT2D eigenvalue weighted by Gasteiger charge is 2.42. The Morgan fingerprint density at radius 2 is 1.94 bits per heavy atom. The minimum atomic E-state index is -0.0473. The van der Waals surface area contributed by atoms with E-state index in [9.17, 15) is 5.11 Å². The Morgan fingerprint density at radius 1 is 1.19 bits per heavy atom. The third-order valence-electron chi connectivity index (χ3n) is 4.86. The lowest BCUT2D eigenvalue weighted by molar-refractivity contribution is -0.113. The van der Waals surface area contributed by atoms with E-state index >= 15 is 0 Å². The molecule has 2 unspecified atom stereocenters. The van der Waals surface area contributed by atoms with E-state index < -0.39 is 0 Å². The predicted octanol–water partition coefficient (Wildman–Crippen LogP) is 2.89. The standard InChI is InChI=1S/C14H24O2/c15-13(9-11-3-4-11)12-5-8-16-14(10-12)6-1-2-7-14/h11-13,15H,1-10H2. The summed E-state index contributed by atoms with van der Waals surface area (Å²) in [5.74, 6) is 1.37. The zero-order chi connectivity index (χ0) is 11.0. The van der Waals surface area contributed by atoms with Crippen molar-refractivity contribution in [2.45, 2.75) is 69.5 Å². The number of aliphatic hydroxyl groups excluding tert-OH is 1. The number of rotatable bonds is 3. The normalized spacial score (nSPS) is 35.4. The summed E-state index contributed by atoms with van der Waals surface area (Å²) in [6.07, 6.45) is 11.0. The molecule has 1 saturated heterocycles. The number of aliphatic hydroxyl groups is 1. The quantitative estimate of drug-likeness (QED) is 0.798. The summed E-state index contributed by atoms with van der Waals surface area (Å²) >= 11 is 0. The highest BCUT2D eigenvalue weighted by atomic mass is 16.5. The van der Waals surface area contributed by atoms with Crippen LogP contribution in [0.5, 0.6) is 0 Å². The molecule has 3 aliphatic rings. The van der Waals surface area contributed by atoms with Crippen LogP contribution in [0.4, 0.5) is 0 Å². The Labute approximate surface area is 98.4 Å². The van der Waals surface area contributed by atoms with Crippen molar-refractivity contribution in [3.63, 3.8) is 0 Å².